The number of carbonyl (C=O) groups excluding carboxylic acids is 1. The Morgan fingerprint density at radius 1 is 1.27 bits per heavy atom. The Balaban J connectivity index is 1.60. The van der Waals surface area contributed by atoms with Crippen LogP contribution in [0.5, 0.6) is 0 Å². The Labute approximate surface area is 152 Å². The van der Waals surface area contributed by atoms with Crippen LogP contribution < -0.4 is 5.32 Å². The number of likely N-dealkylation sites (tertiary alicyclic amines) is 1. The number of anilines is 1. The van der Waals surface area contributed by atoms with Crippen molar-refractivity contribution in [2.24, 2.45) is 5.41 Å². The zero-order valence-electron chi connectivity index (χ0n) is 14.7. The van der Waals surface area contributed by atoms with Gasteiger partial charge in [-0.25, -0.2) is 18.4 Å². The summed E-state index contributed by atoms with van der Waals surface area (Å²) in [6, 6.07) is 5.43. The molecule has 1 atom stereocenters. The summed E-state index contributed by atoms with van der Waals surface area (Å²) in [5.41, 5.74) is 1.03. The van der Waals surface area contributed by atoms with Crippen LogP contribution >= 0.6 is 0 Å². The minimum Gasteiger partial charge on any atom is -0.373 e. The molecule has 1 aromatic heterocycles. The van der Waals surface area contributed by atoms with E-state index < -0.39 is 9.84 Å². The number of benzene rings is 1. The molecule has 4 rings (SSSR count). The van der Waals surface area contributed by atoms with E-state index in [0.717, 1.165) is 24.0 Å². The molecule has 26 heavy (non-hydrogen) atoms. The van der Waals surface area contributed by atoms with Crippen molar-refractivity contribution >= 4 is 32.5 Å². The van der Waals surface area contributed by atoms with Crippen LogP contribution in [0.25, 0.3) is 10.9 Å². The van der Waals surface area contributed by atoms with E-state index in [1.807, 2.05) is 11.0 Å². The predicted octanol–water partition coefficient (Wildman–Crippen LogP) is 1.71. The molecule has 1 unspecified atom stereocenters. The summed E-state index contributed by atoms with van der Waals surface area (Å²) in [5, 5.41) is 3.88. The molecule has 138 valence electrons. The predicted molar refractivity (Wildman–Crippen MR) is 99.9 cm³/mol. The van der Waals surface area contributed by atoms with Crippen molar-refractivity contribution in [3.63, 3.8) is 0 Å². The van der Waals surface area contributed by atoms with Gasteiger partial charge in [-0.05, 0) is 37.5 Å². The van der Waals surface area contributed by atoms with Crippen LogP contribution in [-0.4, -0.2) is 60.8 Å². The third-order valence-electron chi connectivity index (χ3n) is 5.54. The topological polar surface area (TPSA) is 92.3 Å². The van der Waals surface area contributed by atoms with Crippen LogP contribution in [0.4, 0.5) is 5.82 Å². The van der Waals surface area contributed by atoms with Gasteiger partial charge in [-0.15, -0.1) is 0 Å². The molecule has 0 saturated carbocycles. The van der Waals surface area contributed by atoms with E-state index in [4.69, 9.17) is 0 Å². The number of piperidine rings is 1. The maximum absolute atomic E-state index is 13.0. The second-order valence-electron chi connectivity index (χ2n) is 7.38. The van der Waals surface area contributed by atoms with Crippen molar-refractivity contribution in [1.29, 1.82) is 0 Å². The molecule has 0 bridgehead atoms. The number of hydrogen-bond acceptors (Lipinski definition) is 6. The van der Waals surface area contributed by atoms with Gasteiger partial charge in [0.05, 0.1) is 17.0 Å². The molecule has 0 aliphatic carbocycles. The van der Waals surface area contributed by atoms with Crippen LogP contribution in [-0.2, 0) is 9.84 Å². The molecule has 0 radical (unpaired) electrons. The maximum Gasteiger partial charge on any atom is 0.253 e. The number of amides is 1. The lowest BCUT2D eigenvalue weighted by atomic mass is 9.79. The fourth-order valence-electron chi connectivity index (χ4n) is 4.26. The first-order chi connectivity index (χ1) is 12.4. The Morgan fingerprint density at radius 2 is 2.12 bits per heavy atom. The number of carbonyl (C=O) groups is 1. The molecule has 1 amide bonds. The summed E-state index contributed by atoms with van der Waals surface area (Å²) in [7, 11) is -1.17. The minimum atomic E-state index is -2.97. The lowest BCUT2D eigenvalue weighted by molar-refractivity contribution is 0.0564. The fraction of sp³-hybridized carbons (Fsp3) is 0.500. The van der Waals surface area contributed by atoms with Crippen LogP contribution in [0, 0.1) is 5.41 Å². The van der Waals surface area contributed by atoms with Crippen molar-refractivity contribution < 1.29 is 13.2 Å². The fourth-order valence-corrected chi connectivity index (χ4v) is 6.46. The zero-order valence-corrected chi connectivity index (χ0v) is 15.6. The average molecular weight is 374 g/mol. The first-order valence-electron chi connectivity index (χ1n) is 8.84. The number of sulfone groups is 1. The minimum absolute atomic E-state index is 0.0557. The van der Waals surface area contributed by atoms with Gasteiger partial charge in [-0.2, -0.15) is 0 Å². The smallest absolute Gasteiger partial charge is 0.253 e. The SMILES string of the molecule is CNc1ncnc2cc(C(=O)N3CCCC4(CCS(=O)(=O)C4)C3)ccc12. The van der Waals surface area contributed by atoms with Crippen LogP contribution in [0.2, 0.25) is 0 Å². The van der Waals surface area contributed by atoms with Gasteiger partial charge in [-0.1, -0.05) is 0 Å². The normalized spacial score (nSPS) is 24.9. The number of nitrogens with zero attached hydrogens (tertiary/aromatic N) is 3. The summed E-state index contributed by atoms with van der Waals surface area (Å²) in [6.45, 7) is 1.19. The molecule has 2 aliphatic rings. The zero-order chi connectivity index (χ0) is 18.4. The van der Waals surface area contributed by atoms with Gasteiger partial charge in [0.25, 0.3) is 5.91 Å². The van der Waals surface area contributed by atoms with Crippen LogP contribution in [0.3, 0.4) is 0 Å². The van der Waals surface area contributed by atoms with E-state index in [-0.39, 0.29) is 22.8 Å². The van der Waals surface area contributed by atoms with Crippen molar-refractivity contribution in [2.75, 3.05) is 37.0 Å². The second-order valence-corrected chi connectivity index (χ2v) is 9.56. The standard InChI is InChI=1S/C18H22N4O3S/c1-19-16-14-4-3-13(9-15(14)20-12-21-16)17(23)22-7-2-5-18(10-22)6-8-26(24,25)11-18/h3-4,9,12H,2,5-8,10-11H2,1H3,(H,19,20,21). The third-order valence-corrected chi connectivity index (χ3v) is 7.42. The monoisotopic (exact) mass is 374 g/mol. The van der Waals surface area contributed by atoms with E-state index in [9.17, 15) is 13.2 Å². The van der Waals surface area contributed by atoms with Crippen molar-refractivity contribution in [3.8, 4) is 0 Å². The summed E-state index contributed by atoms with van der Waals surface area (Å²) in [5.74, 6) is 1.12. The second kappa shape index (κ2) is 6.19. The van der Waals surface area contributed by atoms with E-state index in [0.29, 0.717) is 30.6 Å². The molecule has 2 fully saturated rings. The highest BCUT2D eigenvalue weighted by Gasteiger charge is 2.45. The average Bonchev–Trinajstić information content (AvgIpc) is 2.94. The molecule has 3 heterocycles. The van der Waals surface area contributed by atoms with Gasteiger partial charge in [-0.3, -0.25) is 4.79 Å². The number of fused-ring (bicyclic) bond motifs is 1. The van der Waals surface area contributed by atoms with Gasteiger partial charge >= 0.3 is 0 Å². The number of aromatic nitrogens is 2. The van der Waals surface area contributed by atoms with Gasteiger partial charge in [0.1, 0.15) is 12.1 Å². The molecule has 1 N–H and O–H groups in total. The van der Waals surface area contributed by atoms with Gasteiger partial charge in [0.15, 0.2) is 9.84 Å². The quantitative estimate of drug-likeness (QED) is 0.860. The molecule has 2 aromatic rings. The lowest BCUT2D eigenvalue weighted by Crippen LogP contribution is -2.46. The Morgan fingerprint density at radius 3 is 2.85 bits per heavy atom. The van der Waals surface area contributed by atoms with E-state index in [1.165, 1.54) is 6.33 Å². The summed E-state index contributed by atoms with van der Waals surface area (Å²) >= 11 is 0. The van der Waals surface area contributed by atoms with Gasteiger partial charge in [0, 0.05) is 36.5 Å². The Hall–Kier alpha value is -2.22. The van der Waals surface area contributed by atoms with Crippen molar-refractivity contribution in [3.05, 3.63) is 30.1 Å². The molecular formula is C18H22N4O3S. The molecule has 2 saturated heterocycles. The molecule has 2 aliphatic heterocycles. The summed E-state index contributed by atoms with van der Waals surface area (Å²) < 4.78 is 23.9. The highest BCUT2D eigenvalue weighted by molar-refractivity contribution is 7.91. The van der Waals surface area contributed by atoms with Gasteiger partial charge < -0.3 is 10.2 Å². The molecule has 1 spiro atoms. The maximum atomic E-state index is 13.0. The van der Waals surface area contributed by atoms with Gasteiger partial charge in [0.2, 0.25) is 0 Å². The Bertz CT molecular complexity index is 976. The molecule has 1 aromatic carbocycles. The first-order valence-corrected chi connectivity index (χ1v) is 10.7. The number of hydrogen-bond donors (Lipinski definition) is 1. The largest absolute Gasteiger partial charge is 0.373 e. The van der Waals surface area contributed by atoms with Crippen LogP contribution in [0.15, 0.2) is 24.5 Å². The molecule has 8 heteroatoms. The summed E-state index contributed by atoms with van der Waals surface area (Å²) in [6.07, 6.45) is 3.87. The van der Waals surface area contributed by atoms with E-state index in [2.05, 4.69) is 15.3 Å². The van der Waals surface area contributed by atoms with Crippen molar-refractivity contribution in [2.45, 2.75) is 19.3 Å². The van der Waals surface area contributed by atoms with Crippen molar-refractivity contribution in [1.82, 2.24) is 14.9 Å². The van der Waals surface area contributed by atoms with Crippen LogP contribution in [0.1, 0.15) is 29.6 Å². The number of rotatable bonds is 2. The van der Waals surface area contributed by atoms with E-state index in [1.54, 1.807) is 19.2 Å². The third kappa shape index (κ3) is 3.02. The molecular weight excluding hydrogens is 352 g/mol. The first kappa shape index (κ1) is 17.2. The van der Waals surface area contributed by atoms with E-state index >= 15 is 0 Å². The lowest BCUT2D eigenvalue weighted by Gasteiger charge is -2.39. The molecule has 7 nitrogen and oxygen atoms in total. The number of nitrogens with one attached hydrogen (secondary N) is 1. The highest BCUT2D eigenvalue weighted by atomic mass is 32.2. The Kier molecular flexibility index (Phi) is 4.10. The summed E-state index contributed by atoms with van der Waals surface area (Å²) in [4.78, 5) is 23.3. The highest BCUT2D eigenvalue weighted by Crippen LogP contribution is 2.40.